The molecule has 0 saturated carbocycles. The zero-order valence-electron chi connectivity index (χ0n) is 10.3. The van der Waals surface area contributed by atoms with E-state index in [1.54, 1.807) is 0 Å². The lowest BCUT2D eigenvalue weighted by Gasteiger charge is -2.09. The molecule has 0 aromatic heterocycles. The van der Waals surface area contributed by atoms with Crippen LogP contribution in [0.25, 0.3) is 0 Å². The van der Waals surface area contributed by atoms with Gasteiger partial charge >= 0.3 is 0 Å². The van der Waals surface area contributed by atoms with Crippen LogP contribution in [0.1, 0.15) is 22.9 Å². The molecule has 0 bridgehead atoms. The zero-order chi connectivity index (χ0) is 13.1. The van der Waals surface area contributed by atoms with Crippen molar-refractivity contribution in [1.82, 2.24) is 0 Å². The molecule has 2 rings (SSSR count). The lowest BCUT2D eigenvalue weighted by molar-refractivity contribution is 0.482. The van der Waals surface area contributed by atoms with Crippen LogP contribution in [-0.4, -0.2) is 0 Å². The van der Waals surface area contributed by atoms with E-state index in [2.05, 4.69) is 35.0 Å². The number of hydrogen-bond donors (Lipinski definition) is 0. The van der Waals surface area contributed by atoms with Crippen molar-refractivity contribution in [1.29, 1.82) is 0 Å². The normalized spacial score (nSPS) is 12.2. The smallest absolute Gasteiger partial charge is 0.127 e. The average molecular weight is 326 g/mol. The van der Waals surface area contributed by atoms with Gasteiger partial charge in [0.25, 0.3) is 0 Å². The Morgan fingerprint density at radius 3 is 2.22 bits per heavy atom. The highest BCUT2D eigenvalue weighted by Crippen LogP contribution is 2.28. The number of benzene rings is 2. The Hall–Kier alpha value is -0.990. The minimum atomic E-state index is 0.351. The molecule has 2 aromatic carbocycles. The molecule has 0 heterocycles. The highest BCUT2D eigenvalue weighted by molar-refractivity contribution is 9.09. The maximum Gasteiger partial charge on any atom is 0.127 e. The standard InChI is InChI=1S/C15H14BrClO/c1-10-9-14(7-8-15(10)17)18-13-5-3-12(4-6-13)11(2)16/h3-9,11H,1-2H3. The van der Waals surface area contributed by atoms with E-state index in [1.807, 2.05) is 37.3 Å². The van der Waals surface area contributed by atoms with Gasteiger partial charge in [0.15, 0.2) is 0 Å². The minimum Gasteiger partial charge on any atom is -0.457 e. The number of halogens is 2. The van der Waals surface area contributed by atoms with Crippen LogP contribution in [0, 0.1) is 6.92 Å². The van der Waals surface area contributed by atoms with Crippen LogP contribution in [-0.2, 0) is 0 Å². The van der Waals surface area contributed by atoms with Gasteiger partial charge in [-0.2, -0.15) is 0 Å². The van der Waals surface area contributed by atoms with Gasteiger partial charge in [0, 0.05) is 9.85 Å². The highest BCUT2D eigenvalue weighted by atomic mass is 79.9. The van der Waals surface area contributed by atoms with Crippen molar-refractivity contribution in [3.63, 3.8) is 0 Å². The summed E-state index contributed by atoms with van der Waals surface area (Å²) in [6, 6.07) is 13.7. The second-order valence-corrected chi connectivity index (χ2v) is 5.98. The second-order valence-electron chi connectivity index (χ2n) is 4.20. The SMILES string of the molecule is Cc1cc(Oc2ccc(C(C)Br)cc2)ccc1Cl. The first-order valence-corrected chi connectivity index (χ1v) is 7.03. The quantitative estimate of drug-likeness (QED) is 0.639. The molecule has 0 aliphatic rings. The summed E-state index contributed by atoms with van der Waals surface area (Å²) in [5.74, 6) is 1.63. The van der Waals surface area contributed by atoms with E-state index >= 15 is 0 Å². The molecule has 0 radical (unpaired) electrons. The fourth-order valence-electron chi connectivity index (χ4n) is 1.62. The third-order valence-electron chi connectivity index (χ3n) is 2.70. The van der Waals surface area contributed by atoms with Gasteiger partial charge in [-0.1, -0.05) is 39.7 Å². The molecule has 0 aliphatic carbocycles. The predicted molar refractivity (Wildman–Crippen MR) is 80.0 cm³/mol. The van der Waals surface area contributed by atoms with Crippen LogP contribution in [0.5, 0.6) is 11.5 Å². The predicted octanol–water partition coefficient (Wildman–Crippen LogP) is 5.90. The van der Waals surface area contributed by atoms with Gasteiger partial charge in [-0.25, -0.2) is 0 Å². The zero-order valence-corrected chi connectivity index (χ0v) is 12.6. The molecule has 3 heteroatoms. The fourth-order valence-corrected chi connectivity index (χ4v) is 2.04. The van der Waals surface area contributed by atoms with Crippen molar-refractivity contribution >= 4 is 27.5 Å². The van der Waals surface area contributed by atoms with E-state index in [0.29, 0.717) is 4.83 Å². The summed E-state index contributed by atoms with van der Waals surface area (Å²) in [6.07, 6.45) is 0. The van der Waals surface area contributed by atoms with E-state index in [0.717, 1.165) is 22.1 Å². The van der Waals surface area contributed by atoms with Crippen molar-refractivity contribution in [2.24, 2.45) is 0 Å². The van der Waals surface area contributed by atoms with Gasteiger partial charge < -0.3 is 4.74 Å². The second kappa shape index (κ2) is 5.77. The monoisotopic (exact) mass is 324 g/mol. The van der Waals surface area contributed by atoms with Crippen LogP contribution < -0.4 is 4.74 Å². The number of aryl methyl sites for hydroxylation is 1. The summed E-state index contributed by atoms with van der Waals surface area (Å²) in [7, 11) is 0. The summed E-state index contributed by atoms with van der Waals surface area (Å²) in [5, 5.41) is 0.755. The molecular weight excluding hydrogens is 312 g/mol. The van der Waals surface area contributed by atoms with E-state index in [-0.39, 0.29) is 0 Å². The summed E-state index contributed by atoms with van der Waals surface area (Å²) >= 11 is 9.51. The number of hydrogen-bond acceptors (Lipinski definition) is 1. The van der Waals surface area contributed by atoms with Gasteiger partial charge in [-0.3, -0.25) is 0 Å². The first-order valence-electron chi connectivity index (χ1n) is 5.74. The minimum absolute atomic E-state index is 0.351. The maximum atomic E-state index is 5.98. The van der Waals surface area contributed by atoms with Gasteiger partial charge in [-0.05, 0) is 55.3 Å². The number of alkyl halides is 1. The molecule has 94 valence electrons. The Morgan fingerprint density at radius 1 is 1.06 bits per heavy atom. The lowest BCUT2D eigenvalue weighted by atomic mass is 10.2. The molecule has 1 nitrogen and oxygen atoms in total. The van der Waals surface area contributed by atoms with Crippen molar-refractivity contribution in [2.45, 2.75) is 18.7 Å². The molecule has 0 aliphatic heterocycles. The van der Waals surface area contributed by atoms with Crippen molar-refractivity contribution in [2.75, 3.05) is 0 Å². The van der Waals surface area contributed by atoms with Crippen molar-refractivity contribution in [3.8, 4) is 11.5 Å². The molecule has 18 heavy (non-hydrogen) atoms. The molecule has 2 aromatic rings. The van der Waals surface area contributed by atoms with Gasteiger partial charge in [0.05, 0.1) is 0 Å². The molecule has 0 N–H and O–H groups in total. The average Bonchev–Trinajstić information content (AvgIpc) is 2.34. The summed E-state index contributed by atoms with van der Waals surface area (Å²) in [6.45, 7) is 4.06. The van der Waals surface area contributed by atoms with Gasteiger partial charge in [0.1, 0.15) is 11.5 Å². The third kappa shape index (κ3) is 3.27. The molecule has 0 spiro atoms. The molecule has 1 atom stereocenters. The molecule has 0 saturated heterocycles. The highest BCUT2D eigenvalue weighted by Gasteiger charge is 2.03. The van der Waals surface area contributed by atoms with E-state index in [1.165, 1.54) is 5.56 Å². The Bertz CT molecular complexity index is 535. The van der Waals surface area contributed by atoms with Crippen LogP contribution >= 0.6 is 27.5 Å². The first-order chi connectivity index (χ1) is 8.56. The van der Waals surface area contributed by atoms with E-state index in [9.17, 15) is 0 Å². The molecular formula is C15H14BrClO. The number of ether oxygens (including phenoxy) is 1. The largest absolute Gasteiger partial charge is 0.457 e. The summed E-state index contributed by atoms with van der Waals surface area (Å²) in [5.41, 5.74) is 2.24. The molecule has 0 amide bonds. The number of rotatable bonds is 3. The van der Waals surface area contributed by atoms with Gasteiger partial charge in [0.2, 0.25) is 0 Å². The van der Waals surface area contributed by atoms with Crippen LogP contribution in [0.4, 0.5) is 0 Å². The Morgan fingerprint density at radius 2 is 1.67 bits per heavy atom. The van der Waals surface area contributed by atoms with Crippen molar-refractivity contribution < 1.29 is 4.74 Å². The summed E-state index contributed by atoms with van der Waals surface area (Å²) in [4.78, 5) is 0.351. The molecule has 1 unspecified atom stereocenters. The topological polar surface area (TPSA) is 9.23 Å². The van der Waals surface area contributed by atoms with E-state index in [4.69, 9.17) is 16.3 Å². The van der Waals surface area contributed by atoms with Crippen molar-refractivity contribution in [3.05, 3.63) is 58.6 Å². The Balaban J connectivity index is 2.15. The lowest BCUT2D eigenvalue weighted by Crippen LogP contribution is -1.87. The Labute approximate surface area is 121 Å². The van der Waals surface area contributed by atoms with Gasteiger partial charge in [-0.15, -0.1) is 0 Å². The van der Waals surface area contributed by atoms with Crippen LogP contribution in [0.3, 0.4) is 0 Å². The van der Waals surface area contributed by atoms with Crippen LogP contribution in [0.2, 0.25) is 5.02 Å². The van der Waals surface area contributed by atoms with Crippen LogP contribution in [0.15, 0.2) is 42.5 Å². The maximum absolute atomic E-state index is 5.98. The van der Waals surface area contributed by atoms with E-state index < -0.39 is 0 Å². The first kappa shape index (κ1) is 13.4. The summed E-state index contributed by atoms with van der Waals surface area (Å²) < 4.78 is 5.77. The Kier molecular flexibility index (Phi) is 4.31. The third-order valence-corrected chi connectivity index (χ3v) is 3.66. The molecule has 0 fully saturated rings. The fraction of sp³-hybridized carbons (Fsp3) is 0.200.